The van der Waals surface area contributed by atoms with Crippen molar-refractivity contribution in [2.45, 2.75) is 19.9 Å². The Morgan fingerprint density at radius 3 is 3.00 bits per heavy atom. The summed E-state index contributed by atoms with van der Waals surface area (Å²) in [7, 11) is 0. The molecule has 0 spiro atoms. The molecule has 0 saturated heterocycles. The van der Waals surface area contributed by atoms with Gasteiger partial charge in [0.2, 0.25) is 0 Å². The maximum atomic E-state index is 4.15. The maximum absolute atomic E-state index is 4.15. The van der Waals surface area contributed by atoms with Crippen molar-refractivity contribution in [3.8, 4) is 0 Å². The van der Waals surface area contributed by atoms with E-state index in [4.69, 9.17) is 0 Å². The van der Waals surface area contributed by atoms with E-state index >= 15 is 0 Å². The Bertz CT molecular complexity index is 263. The van der Waals surface area contributed by atoms with Crippen molar-refractivity contribution in [2.24, 2.45) is 0 Å². The Morgan fingerprint density at radius 1 is 1.62 bits per heavy atom. The van der Waals surface area contributed by atoms with Gasteiger partial charge in [-0.25, -0.2) is 0 Å². The van der Waals surface area contributed by atoms with E-state index < -0.39 is 0 Å². The fraction of sp³-hybridized carbons (Fsp3) is 0.500. The minimum atomic E-state index is 0.511. The van der Waals surface area contributed by atoms with Crippen LogP contribution in [0.25, 0.3) is 0 Å². The second-order valence-corrected chi connectivity index (χ2v) is 4.10. The molecule has 3 heteroatoms. The Labute approximate surface area is 84.1 Å². The number of aryl methyl sites for hydroxylation is 1. The third-order valence-corrected chi connectivity index (χ3v) is 2.56. The number of nitrogens with one attached hydrogen (secondary N) is 1. The molecule has 1 heterocycles. The van der Waals surface area contributed by atoms with E-state index in [1.165, 1.54) is 0 Å². The van der Waals surface area contributed by atoms with Crippen LogP contribution in [-0.4, -0.2) is 23.0 Å². The number of hydrogen-bond donors (Lipinski definition) is 1. The number of nitrogens with zero attached hydrogens (tertiary/aromatic N) is 1. The summed E-state index contributed by atoms with van der Waals surface area (Å²) in [5, 5.41) is 3.42. The van der Waals surface area contributed by atoms with Crippen LogP contribution in [-0.2, 0) is 0 Å². The summed E-state index contributed by atoms with van der Waals surface area (Å²) in [5.41, 5.74) is 2.22. The third-order valence-electron chi connectivity index (χ3n) is 1.73. The SMILES string of the molecule is CSCC(C)Nc1ccnc(C)c1. The average molecular weight is 196 g/mol. The molecule has 1 atom stereocenters. The molecular weight excluding hydrogens is 180 g/mol. The smallest absolute Gasteiger partial charge is 0.0393 e. The highest BCUT2D eigenvalue weighted by Gasteiger charge is 2.00. The van der Waals surface area contributed by atoms with Gasteiger partial charge in [-0.05, 0) is 32.2 Å². The van der Waals surface area contributed by atoms with Crippen molar-refractivity contribution < 1.29 is 0 Å². The molecule has 0 saturated carbocycles. The highest BCUT2D eigenvalue weighted by molar-refractivity contribution is 7.98. The molecule has 0 aliphatic heterocycles. The first kappa shape index (κ1) is 10.4. The van der Waals surface area contributed by atoms with Gasteiger partial charge in [0.05, 0.1) is 0 Å². The van der Waals surface area contributed by atoms with Gasteiger partial charge in [-0.2, -0.15) is 11.8 Å². The molecule has 2 nitrogen and oxygen atoms in total. The van der Waals surface area contributed by atoms with Crippen LogP contribution in [0.2, 0.25) is 0 Å². The normalized spacial score (nSPS) is 12.5. The summed E-state index contributed by atoms with van der Waals surface area (Å²) >= 11 is 1.86. The molecule has 0 aliphatic rings. The molecule has 1 N–H and O–H groups in total. The molecule has 0 aromatic carbocycles. The van der Waals surface area contributed by atoms with Crippen LogP contribution in [0.4, 0.5) is 5.69 Å². The number of rotatable bonds is 4. The minimum absolute atomic E-state index is 0.511. The van der Waals surface area contributed by atoms with Gasteiger partial charge >= 0.3 is 0 Å². The number of anilines is 1. The second kappa shape index (κ2) is 5.12. The van der Waals surface area contributed by atoms with Crippen LogP contribution in [0.5, 0.6) is 0 Å². The number of thioether (sulfide) groups is 1. The average Bonchev–Trinajstić information content (AvgIpc) is 2.04. The van der Waals surface area contributed by atoms with Gasteiger partial charge in [0.1, 0.15) is 0 Å². The zero-order chi connectivity index (χ0) is 9.68. The van der Waals surface area contributed by atoms with Gasteiger partial charge in [-0.15, -0.1) is 0 Å². The van der Waals surface area contributed by atoms with Gasteiger partial charge in [-0.1, -0.05) is 0 Å². The van der Waals surface area contributed by atoms with E-state index in [0.717, 1.165) is 17.1 Å². The summed E-state index contributed by atoms with van der Waals surface area (Å²) in [6.07, 6.45) is 3.96. The van der Waals surface area contributed by atoms with Gasteiger partial charge in [0.25, 0.3) is 0 Å². The van der Waals surface area contributed by atoms with E-state index in [9.17, 15) is 0 Å². The van der Waals surface area contributed by atoms with E-state index in [0.29, 0.717) is 6.04 Å². The maximum Gasteiger partial charge on any atom is 0.0393 e. The standard InChI is InChI=1S/C10H16N2S/c1-8-6-10(4-5-11-8)12-9(2)7-13-3/h4-6,9H,7H2,1-3H3,(H,11,12). The van der Waals surface area contributed by atoms with Crippen LogP contribution in [0, 0.1) is 6.92 Å². The second-order valence-electron chi connectivity index (χ2n) is 3.19. The molecule has 1 rings (SSSR count). The lowest BCUT2D eigenvalue weighted by Crippen LogP contribution is -2.17. The quantitative estimate of drug-likeness (QED) is 0.801. The predicted molar refractivity (Wildman–Crippen MR) is 60.4 cm³/mol. The summed E-state index contributed by atoms with van der Waals surface area (Å²) < 4.78 is 0. The molecule has 13 heavy (non-hydrogen) atoms. The summed E-state index contributed by atoms with van der Waals surface area (Å²) in [4.78, 5) is 4.15. The Morgan fingerprint density at radius 2 is 2.38 bits per heavy atom. The third kappa shape index (κ3) is 3.68. The summed E-state index contributed by atoms with van der Waals surface area (Å²) in [6, 6.07) is 4.58. The molecule has 0 aliphatic carbocycles. The lowest BCUT2D eigenvalue weighted by Gasteiger charge is -2.13. The van der Waals surface area contributed by atoms with Crippen LogP contribution >= 0.6 is 11.8 Å². The Kier molecular flexibility index (Phi) is 4.09. The van der Waals surface area contributed by atoms with Crippen molar-refractivity contribution in [2.75, 3.05) is 17.3 Å². The first-order chi connectivity index (χ1) is 6.22. The molecule has 1 unspecified atom stereocenters. The summed E-state index contributed by atoms with van der Waals surface area (Å²) in [6.45, 7) is 4.19. The van der Waals surface area contributed by atoms with Crippen LogP contribution < -0.4 is 5.32 Å². The summed E-state index contributed by atoms with van der Waals surface area (Å²) in [5.74, 6) is 1.13. The van der Waals surface area contributed by atoms with Gasteiger partial charge in [0.15, 0.2) is 0 Å². The van der Waals surface area contributed by atoms with Crippen molar-refractivity contribution in [1.29, 1.82) is 0 Å². The molecule has 0 radical (unpaired) electrons. The lowest BCUT2D eigenvalue weighted by atomic mass is 10.3. The van der Waals surface area contributed by atoms with E-state index in [-0.39, 0.29) is 0 Å². The highest BCUT2D eigenvalue weighted by atomic mass is 32.2. The fourth-order valence-electron chi connectivity index (χ4n) is 1.21. The number of aromatic nitrogens is 1. The molecule has 0 amide bonds. The number of hydrogen-bond acceptors (Lipinski definition) is 3. The topological polar surface area (TPSA) is 24.9 Å². The zero-order valence-electron chi connectivity index (χ0n) is 8.37. The Hall–Kier alpha value is -0.700. The van der Waals surface area contributed by atoms with E-state index in [1.54, 1.807) is 0 Å². The van der Waals surface area contributed by atoms with Gasteiger partial charge in [0, 0.05) is 29.4 Å². The van der Waals surface area contributed by atoms with Crippen molar-refractivity contribution >= 4 is 17.4 Å². The van der Waals surface area contributed by atoms with Gasteiger partial charge in [-0.3, -0.25) is 4.98 Å². The van der Waals surface area contributed by atoms with E-state index in [2.05, 4.69) is 29.5 Å². The van der Waals surface area contributed by atoms with Crippen LogP contribution in [0.1, 0.15) is 12.6 Å². The van der Waals surface area contributed by atoms with Gasteiger partial charge < -0.3 is 5.32 Å². The first-order valence-corrected chi connectivity index (χ1v) is 5.80. The molecule has 1 aromatic heterocycles. The van der Waals surface area contributed by atoms with Crippen LogP contribution in [0.3, 0.4) is 0 Å². The van der Waals surface area contributed by atoms with Crippen molar-refractivity contribution in [3.05, 3.63) is 24.0 Å². The van der Waals surface area contributed by atoms with E-state index in [1.807, 2.05) is 30.9 Å². The molecule has 0 fully saturated rings. The van der Waals surface area contributed by atoms with Crippen molar-refractivity contribution in [3.63, 3.8) is 0 Å². The Balaban J connectivity index is 2.53. The molecule has 72 valence electrons. The molecule has 0 bridgehead atoms. The lowest BCUT2D eigenvalue weighted by molar-refractivity contribution is 0.912. The molecular formula is C10H16N2S. The first-order valence-electron chi connectivity index (χ1n) is 4.40. The molecule has 1 aromatic rings. The highest BCUT2D eigenvalue weighted by Crippen LogP contribution is 2.10. The fourth-order valence-corrected chi connectivity index (χ4v) is 1.79. The largest absolute Gasteiger partial charge is 0.382 e. The predicted octanol–water partition coefficient (Wildman–Crippen LogP) is 2.55. The van der Waals surface area contributed by atoms with Crippen LogP contribution in [0.15, 0.2) is 18.3 Å². The minimum Gasteiger partial charge on any atom is -0.382 e. The van der Waals surface area contributed by atoms with Crippen molar-refractivity contribution in [1.82, 2.24) is 4.98 Å². The number of pyridine rings is 1. The zero-order valence-corrected chi connectivity index (χ0v) is 9.19. The monoisotopic (exact) mass is 196 g/mol.